The lowest BCUT2D eigenvalue weighted by Gasteiger charge is -2.34. The first-order chi connectivity index (χ1) is 64.8. The summed E-state index contributed by atoms with van der Waals surface area (Å²) in [7, 11) is 28.9. The number of morpholine rings is 1. The molecule has 12 amide bonds. The Morgan fingerprint density at radius 1 is 0.221 bits per heavy atom. The molecular weight excluding hydrogens is 1980 g/mol. The van der Waals surface area contributed by atoms with Crippen LogP contribution >= 0.6 is 130 Å². The monoisotopic (exact) mass is 2140 g/mol. The zero-order valence-electron chi connectivity index (χ0n) is 82.4. The normalized spacial score (nSPS) is 19.3. The predicted molar refractivity (Wildman–Crippen MR) is 577 cm³/mol. The Morgan fingerprint density at radius 2 is 0.368 bits per heavy atom. The molecular formula is C85H168N26O13S12. The van der Waals surface area contributed by atoms with Crippen LogP contribution in [0, 0.1) is 0 Å². The molecule has 8 aliphatic rings. The third-order valence-corrected chi connectivity index (χ3v) is 37.9. The SMILES string of the molecule is CCN(CC)C(=O)[C@@H](N)CSSC[C@H](N)C(=O)N(CC)CC.CN(C)C(=O)[C@@H](N)CSSC[C@H](N)C(=O)N(C)C.CN1CCN(C(=O)[C@@H](N)CSSC[C@H](N)C(=O)N2CCN(C)CC2)CC1.N[C@@H](CSSC[C@H](N)C(=O)N1CCCC1)C(=O)N1CCCC1.N[C@@H](CSSC[C@H](N)C(=O)N1CCCCC1)C(=O)N1CCCCC1.N[C@@H](CSSC[C@H](N)C(=O)N1CCOCC1)C(=O)N1CCCCC1. The largest absolute Gasteiger partial charge is 0.378 e. The molecule has 8 fully saturated rings. The lowest BCUT2D eigenvalue weighted by atomic mass is 10.1. The lowest BCUT2D eigenvalue weighted by Crippen LogP contribution is -2.53. The first kappa shape index (κ1) is 127. The van der Waals surface area contributed by atoms with Crippen molar-refractivity contribution >= 4 is 200 Å². The minimum Gasteiger partial charge on any atom is -0.378 e. The Labute approximate surface area is 858 Å². The van der Waals surface area contributed by atoms with Gasteiger partial charge in [-0.05, 0) is 125 Å². The van der Waals surface area contributed by atoms with Gasteiger partial charge in [-0.15, -0.1) is 0 Å². The molecule has 0 saturated carbocycles. The molecule has 8 rings (SSSR count). The molecule has 0 aromatic heterocycles. The number of hydrogen-bond donors (Lipinski definition) is 12. The summed E-state index contributed by atoms with van der Waals surface area (Å²) in [5.41, 5.74) is 71.2. The fraction of sp³-hybridized carbons (Fsp3) is 0.859. The van der Waals surface area contributed by atoms with Crippen molar-refractivity contribution in [3.05, 3.63) is 0 Å². The first-order valence-electron chi connectivity index (χ1n) is 47.6. The second kappa shape index (κ2) is 74.2. The molecule has 51 heteroatoms. The summed E-state index contributed by atoms with van der Waals surface area (Å²) in [6.07, 6.45) is 14.3. The van der Waals surface area contributed by atoms with E-state index >= 15 is 0 Å². The van der Waals surface area contributed by atoms with Gasteiger partial charge in [-0.1, -0.05) is 130 Å². The average molecular weight is 2150 g/mol. The number of ether oxygens (including phenoxy) is 1. The first-order valence-corrected chi connectivity index (χ1v) is 62.6. The molecule has 12 atom stereocenters. The van der Waals surface area contributed by atoms with E-state index < -0.39 is 72.5 Å². The van der Waals surface area contributed by atoms with E-state index in [0.717, 1.165) is 182 Å². The van der Waals surface area contributed by atoms with Gasteiger partial charge in [0.05, 0.1) is 85.7 Å². The molecule has 0 aromatic rings. The van der Waals surface area contributed by atoms with Crippen molar-refractivity contribution in [1.29, 1.82) is 0 Å². The molecule has 8 heterocycles. The van der Waals surface area contributed by atoms with Crippen LogP contribution in [-0.4, -0.2) is 494 Å². The molecule has 0 unspecified atom stereocenters. The number of rotatable bonds is 46. The van der Waals surface area contributed by atoms with Crippen LogP contribution in [-0.2, 0) is 62.3 Å². The average Bonchev–Trinajstić information content (AvgIpc) is 1.68. The van der Waals surface area contributed by atoms with E-state index in [4.69, 9.17) is 73.5 Å². The number of hydrogen-bond acceptors (Lipinski definition) is 39. The van der Waals surface area contributed by atoms with Crippen LogP contribution in [0.15, 0.2) is 0 Å². The summed E-state index contributed by atoms with van der Waals surface area (Å²) < 4.78 is 5.23. The zero-order chi connectivity index (χ0) is 101. The summed E-state index contributed by atoms with van der Waals surface area (Å²) in [6, 6.07) is -5.88. The van der Waals surface area contributed by atoms with Gasteiger partial charge in [0.25, 0.3) is 0 Å². The number of piperazine rings is 2. The third kappa shape index (κ3) is 50.8. The van der Waals surface area contributed by atoms with Crippen molar-refractivity contribution in [2.24, 2.45) is 68.8 Å². The molecule has 0 aliphatic carbocycles. The van der Waals surface area contributed by atoms with Crippen LogP contribution in [0.2, 0.25) is 0 Å². The van der Waals surface area contributed by atoms with Crippen molar-refractivity contribution in [3.8, 4) is 0 Å². The number of amides is 12. The third-order valence-electron chi connectivity index (χ3n) is 23.1. The minimum atomic E-state index is -0.519. The van der Waals surface area contributed by atoms with Gasteiger partial charge in [-0.3, -0.25) is 57.5 Å². The maximum atomic E-state index is 12.3. The Kier molecular flexibility index (Phi) is 69.5. The molecule has 0 radical (unpaired) electrons. The highest BCUT2D eigenvalue weighted by atomic mass is 33.1. The second-order valence-corrected chi connectivity index (χ2v) is 49.9. The van der Waals surface area contributed by atoms with Crippen LogP contribution in [0.4, 0.5) is 0 Å². The van der Waals surface area contributed by atoms with Crippen LogP contribution in [0.1, 0.15) is 111 Å². The molecule has 136 heavy (non-hydrogen) atoms. The van der Waals surface area contributed by atoms with Crippen molar-refractivity contribution in [3.63, 3.8) is 0 Å². The Hall–Kier alpha value is -2.76. The van der Waals surface area contributed by atoms with Gasteiger partial charge in [0, 0.05) is 254 Å². The van der Waals surface area contributed by atoms with Gasteiger partial charge >= 0.3 is 0 Å². The van der Waals surface area contributed by atoms with Gasteiger partial charge < -0.3 is 142 Å². The van der Waals surface area contributed by atoms with E-state index in [1.165, 1.54) is 159 Å². The van der Waals surface area contributed by atoms with E-state index in [9.17, 15) is 57.5 Å². The van der Waals surface area contributed by atoms with Crippen molar-refractivity contribution in [2.45, 2.75) is 184 Å². The summed E-state index contributed by atoms with van der Waals surface area (Å²) in [6.45, 7) is 27.7. The summed E-state index contributed by atoms with van der Waals surface area (Å²) >= 11 is 0. The minimum absolute atomic E-state index is 0.0176. The predicted octanol–water partition coefficient (Wildman–Crippen LogP) is -0.263. The molecule has 0 aromatic carbocycles. The van der Waals surface area contributed by atoms with E-state index in [1.807, 2.05) is 62.0 Å². The van der Waals surface area contributed by atoms with Crippen molar-refractivity contribution in [2.75, 3.05) is 282 Å². The Morgan fingerprint density at radius 3 is 0.537 bits per heavy atom. The number of likely N-dealkylation sites (N-methyl/N-ethyl adjacent to an activating group) is 6. The number of carbonyl (C=O) groups excluding carboxylic acids is 12. The van der Waals surface area contributed by atoms with Crippen LogP contribution in [0.3, 0.4) is 0 Å². The van der Waals surface area contributed by atoms with Crippen LogP contribution in [0.25, 0.3) is 0 Å². The maximum absolute atomic E-state index is 12.3. The van der Waals surface area contributed by atoms with Crippen molar-refractivity contribution in [1.82, 2.24) is 68.6 Å². The highest BCUT2D eigenvalue weighted by Gasteiger charge is 2.33. The molecule has 8 saturated heterocycles. The molecule has 39 nitrogen and oxygen atoms in total. The van der Waals surface area contributed by atoms with E-state index in [1.54, 1.807) is 42.9 Å². The van der Waals surface area contributed by atoms with Crippen LogP contribution in [0.5, 0.6) is 0 Å². The second-order valence-electron chi connectivity index (χ2n) is 34.6. The molecule has 0 spiro atoms. The van der Waals surface area contributed by atoms with Gasteiger partial charge in [0.15, 0.2) is 0 Å². The molecule has 24 N–H and O–H groups in total. The van der Waals surface area contributed by atoms with Crippen molar-refractivity contribution < 1.29 is 62.3 Å². The fourth-order valence-electron chi connectivity index (χ4n) is 14.4. The van der Waals surface area contributed by atoms with Gasteiger partial charge in [-0.25, -0.2) is 0 Å². The standard InChI is InChI=1S/C16H32N6O2S2.C16H30N4O2S2.C15H28N4O3S2.C14H26N4O2S2.C14H30N4O2S2.C10H22N4O2S2/c1-19-3-7-21(8-4-19)15(23)13(17)11-25-26-12-14(18)16(24)22-9-5-20(2)6-10-22;17-13(15(21)19-7-3-1-4-8-19)11-23-24-12-14(18)16(22)20-9-5-2-6-10-20;16-12(14(20)18-4-2-1-3-5-18)10-23-24-11-13(17)15(21)19-6-8-22-9-7-19;15-11(13(19)17-5-1-2-6-17)9-21-22-10-12(16)14(20)18-7-3-4-8-18;1-5-17(6-2)13(19)11(15)9-21-22-10-12(16)14(20)18(7-3)8-4;1-13(2)9(15)7(11)5-17-18-6-8(12)10(16)14(3)4/h13-14H,3-12,17-18H2,1-2H3;13-14H,1-12,17-18H2;12-13H,1-11,16-17H2;11-12H,1-10,15-16H2;11-12H,5-10,15-16H2,1-4H3;7-8H,5-6,11-12H2,1-4H3/t2*13-,14-;12-,13-;2*11-,12-;7-,8-/m000000/s1. The summed E-state index contributed by atoms with van der Waals surface area (Å²) in [5, 5.41) is 0. The topological polar surface area (TPSA) is 572 Å². The number of nitrogens with two attached hydrogens (primary N) is 12. The lowest BCUT2D eigenvalue weighted by molar-refractivity contribution is -0.136. The molecule has 788 valence electrons. The number of nitrogens with zero attached hydrogens (tertiary/aromatic N) is 14. The van der Waals surface area contributed by atoms with Gasteiger partial charge in [0.1, 0.15) is 0 Å². The molecule has 8 aliphatic heterocycles. The van der Waals surface area contributed by atoms with E-state index in [0.29, 0.717) is 122 Å². The fourth-order valence-corrected chi connectivity index (χ4v) is 27.8. The number of piperidine rings is 3. The quantitative estimate of drug-likeness (QED) is 0.0276. The maximum Gasteiger partial charge on any atom is 0.240 e. The Balaban J connectivity index is 0.000000422. The smallest absolute Gasteiger partial charge is 0.240 e. The van der Waals surface area contributed by atoms with E-state index in [2.05, 4.69) is 23.9 Å². The summed E-state index contributed by atoms with van der Waals surface area (Å²) in [4.78, 5) is 170. The highest BCUT2D eigenvalue weighted by Crippen LogP contribution is 2.30. The number of carbonyl (C=O) groups is 12. The molecule has 0 bridgehead atoms. The van der Waals surface area contributed by atoms with E-state index in [-0.39, 0.29) is 70.9 Å². The highest BCUT2D eigenvalue weighted by molar-refractivity contribution is 8.78. The summed E-state index contributed by atoms with van der Waals surface area (Å²) in [5.74, 6) is 6.40. The van der Waals surface area contributed by atoms with Crippen LogP contribution < -0.4 is 68.8 Å². The van der Waals surface area contributed by atoms with Gasteiger partial charge in [-0.2, -0.15) is 0 Å². The van der Waals surface area contributed by atoms with Gasteiger partial charge in [0.2, 0.25) is 70.9 Å². The number of likely N-dealkylation sites (tertiary alicyclic amines) is 5. The zero-order valence-corrected chi connectivity index (χ0v) is 92.2. The Bertz CT molecular complexity index is 3070.